The van der Waals surface area contributed by atoms with E-state index in [1.807, 2.05) is 12.1 Å². The van der Waals surface area contributed by atoms with Gasteiger partial charge in [0.1, 0.15) is 33.9 Å². The van der Waals surface area contributed by atoms with Crippen molar-refractivity contribution in [3.63, 3.8) is 0 Å². The van der Waals surface area contributed by atoms with Gasteiger partial charge in [0.15, 0.2) is 5.78 Å². The first-order valence-electron chi connectivity index (χ1n) is 7.75. The number of hydrogen-bond acceptors (Lipinski definition) is 8. The van der Waals surface area contributed by atoms with Crippen molar-refractivity contribution in [3.05, 3.63) is 63.1 Å². The lowest BCUT2D eigenvalue weighted by Crippen LogP contribution is -2.16. The highest BCUT2D eigenvalue weighted by Gasteiger charge is 2.19. The molecule has 3 rings (SSSR count). The Balaban J connectivity index is 1.91. The summed E-state index contributed by atoms with van der Waals surface area (Å²) in [5, 5.41) is 19.3. The van der Waals surface area contributed by atoms with E-state index in [0.29, 0.717) is 16.7 Å². The number of fused-ring (bicyclic) bond motifs is 1. The highest BCUT2D eigenvalue weighted by Crippen LogP contribution is 2.29. The highest BCUT2D eigenvalue weighted by molar-refractivity contribution is 8.00. The summed E-state index contributed by atoms with van der Waals surface area (Å²) in [6.07, 6.45) is 0. The topological polar surface area (TPSA) is 134 Å². The Morgan fingerprint density at radius 1 is 1.26 bits per heavy atom. The van der Waals surface area contributed by atoms with E-state index in [0.717, 1.165) is 11.8 Å². The number of pyridine rings is 1. The number of nitrogen functional groups attached to an aromatic ring is 1. The van der Waals surface area contributed by atoms with Crippen LogP contribution in [0.2, 0.25) is 0 Å². The standard InChI is InChI=1S/C19H12N4O3S/c1-10-13(7-20)17(22)14(8-21)18(23-10)27-9-15(24)12-6-11-4-2-3-5-16(11)26-19(12)25/h2-6H,9H2,1H3,(H2,22,23). The predicted octanol–water partition coefficient (Wildman–Crippen LogP) is 2.80. The quantitative estimate of drug-likeness (QED) is 0.417. The maximum absolute atomic E-state index is 12.5. The maximum atomic E-state index is 12.5. The highest BCUT2D eigenvalue weighted by atomic mass is 32.2. The molecular formula is C19H12N4O3S. The van der Waals surface area contributed by atoms with E-state index >= 15 is 0 Å². The van der Waals surface area contributed by atoms with Crippen LogP contribution in [-0.2, 0) is 0 Å². The van der Waals surface area contributed by atoms with Crippen LogP contribution in [0, 0.1) is 29.6 Å². The monoisotopic (exact) mass is 376 g/mol. The number of aryl methyl sites for hydroxylation is 1. The number of carbonyl (C=O) groups excluding carboxylic acids is 1. The van der Waals surface area contributed by atoms with Crippen LogP contribution in [0.25, 0.3) is 11.0 Å². The summed E-state index contributed by atoms with van der Waals surface area (Å²) in [5.41, 5.74) is 6.05. The Kier molecular flexibility index (Phi) is 4.93. The first kappa shape index (κ1) is 18.2. The molecule has 8 heteroatoms. The number of rotatable bonds is 4. The number of nitriles is 2. The molecule has 0 spiro atoms. The Bertz CT molecular complexity index is 1220. The molecule has 0 aliphatic heterocycles. The minimum absolute atomic E-state index is 0.0349. The summed E-state index contributed by atoms with van der Waals surface area (Å²) in [7, 11) is 0. The van der Waals surface area contributed by atoms with Crippen LogP contribution in [-0.4, -0.2) is 16.5 Å². The number of anilines is 1. The zero-order valence-corrected chi connectivity index (χ0v) is 15.0. The molecule has 27 heavy (non-hydrogen) atoms. The molecule has 0 aliphatic rings. The molecule has 0 radical (unpaired) electrons. The molecule has 0 aliphatic carbocycles. The zero-order valence-electron chi connectivity index (χ0n) is 14.1. The number of benzene rings is 1. The first-order valence-corrected chi connectivity index (χ1v) is 8.74. The van der Waals surface area contributed by atoms with Crippen molar-refractivity contribution >= 4 is 34.2 Å². The molecule has 0 fully saturated rings. The van der Waals surface area contributed by atoms with Gasteiger partial charge in [-0.3, -0.25) is 4.79 Å². The molecule has 2 heterocycles. The number of aromatic nitrogens is 1. The fourth-order valence-electron chi connectivity index (χ4n) is 2.52. The van der Waals surface area contributed by atoms with Crippen molar-refractivity contribution in [2.45, 2.75) is 11.9 Å². The molecule has 0 saturated heterocycles. The largest absolute Gasteiger partial charge is 0.422 e. The lowest BCUT2D eigenvalue weighted by atomic mass is 10.1. The first-order chi connectivity index (χ1) is 13.0. The smallest absolute Gasteiger partial charge is 0.347 e. The third-order valence-corrected chi connectivity index (χ3v) is 4.86. The number of para-hydroxylation sites is 1. The lowest BCUT2D eigenvalue weighted by Gasteiger charge is -2.09. The lowest BCUT2D eigenvalue weighted by molar-refractivity contribution is 0.101. The molecule has 0 bridgehead atoms. The van der Waals surface area contributed by atoms with Crippen LogP contribution < -0.4 is 11.4 Å². The van der Waals surface area contributed by atoms with Crippen molar-refractivity contribution < 1.29 is 9.21 Å². The molecule has 3 aromatic rings. The Hall–Kier alpha value is -3.62. The summed E-state index contributed by atoms with van der Waals surface area (Å²) in [5.74, 6) is -0.582. The maximum Gasteiger partial charge on any atom is 0.347 e. The summed E-state index contributed by atoms with van der Waals surface area (Å²) < 4.78 is 5.17. The van der Waals surface area contributed by atoms with Gasteiger partial charge in [0.2, 0.25) is 0 Å². The molecule has 0 unspecified atom stereocenters. The molecule has 2 aromatic heterocycles. The Morgan fingerprint density at radius 3 is 2.67 bits per heavy atom. The number of carbonyl (C=O) groups is 1. The van der Waals surface area contributed by atoms with E-state index in [2.05, 4.69) is 4.98 Å². The van der Waals surface area contributed by atoms with Crippen molar-refractivity contribution in [1.82, 2.24) is 4.98 Å². The number of Topliss-reactive ketones (excluding diaryl/α,β-unsaturated/α-hetero) is 1. The van der Waals surface area contributed by atoms with Crippen LogP contribution >= 0.6 is 11.8 Å². The van der Waals surface area contributed by atoms with Gasteiger partial charge in [-0.1, -0.05) is 30.0 Å². The fraction of sp³-hybridized carbons (Fsp3) is 0.105. The van der Waals surface area contributed by atoms with Gasteiger partial charge in [-0.05, 0) is 19.1 Å². The van der Waals surface area contributed by atoms with Crippen LogP contribution in [0.3, 0.4) is 0 Å². The number of thioether (sulfide) groups is 1. The second-order valence-corrected chi connectivity index (χ2v) is 6.55. The number of nitrogens with zero attached hydrogens (tertiary/aromatic N) is 3. The second kappa shape index (κ2) is 7.32. The van der Waals surface area contributed by atoms with Gasteiger partial charge in [0, 0.05) is 5.39 Å². The van der Waals surface area contributed by atoms with E-state index in [4.69, 9.17) is 15.4 Å². The summed E-state index contributed by atoms with van der Waals surface area (Å²) in [4.78, 5) is 28.8. The summed E-state index contributed by atoms with van der Waals surface area (Å²) in [6.45, 7) is 1.60. The third-order valence-electron chi connectivity index (χ3n) is 3.89. The van der Waals surface area contributed by atoms with Crippen molar-refractivity contribution in [1.29, 1.82) is 10.5 Å². The van der Waals surface area contributed by atoms with Crippen LogP contribution in [0.5, 0.6) is 0 Å². The average molecular weight is 376 g/mol. The molecular weight excluding hydrogens is 364 g/mol. The fourth-order valence-corrected chi connectivity index (χ4v) is 3.45. The predicted molar refractivity (Wildman–Crippen MR) is 100 cm³/mol. The molecule has 0 saturated carbocycles. The van der Waals surface area contributed by atoms with Gasteiger partial charge >= 0.3 is 5.63 Å². The van der Waals surface area contributed by atoms with Gasteiger partial charge in [-0.2, -0.15) is 10.5 Å². The minimum Gasteiger partial charge on any atom is -0.422 e. The molecule has 0 amide bonds. The second-order valence-electron chi connectivity index (χ2n) is 5.59. The van der Waals surface area contributed by atoms with Gasteiger partial charge in [-0.25, -0.2) is 9.78 Å². The van der Waals surface area contributed by atoms with Gasteiger partial charge in [0.25, 0.3) is 0 Å². The van der Waals surface area contributed by atoms with Gasteiger partial charge in [0.05, 0.1) is 22.7 Å². The van der Waals surface area contributed by atoms with E-state index in [9.17, 15) is 14.9 Å². The Morgan fingerprint density at radius 2 is 1.96 bits per heavy atom. The number of ketones is 1. The summed E-state index contributed by atoms with van der Waals surface area (Å²) >= 11 is 0.983. The van der Waals surface area contributed by atoms with E-state index in [-0.39, 0.29) is 33.2 Å². The number of nitrogens with two attached hydrogens (primary N) is 1. The normalized spacial score (nSPS) is 10.3. The molecule has 2 N–H and O–H groups in total. The average Bonchev–Trinajstić information content (AvgIpc) is 2.65. The van der Waals surface area contributed by atoms with Crippen LogP contribution in [0.1, 0.15) is 27.2 Å². The number of hydrogen-bond donors (Lipinski definition) is 1. The van der Waals surface area contributed by atoms with Crippen molar-refractivity contribution in [3.8, 4) is 12.1 Å². The van der Waals surface area contributed by atoms with E-state index in [1.165, 1.54) is 6.07 Å². The molecule has 132 valence electrons. The minimum atomic E-state index is -0.719. The third kappa shape index (κ3) is 3.39. The van der Waals surface area contributed by atoms with Gasteiger partial charge < -0.3 is 10.2 Å². The van der Waals surface area contributed by atoms with E-state index < -0.39 is 11.4 Å². The zero-order chi connectivity index (χ0) is 19.6. The van der Waals surface area contributed by atoms with Crippen LogP contribution in [0.4, 0.5) is 5.69 Å². The van der Waals surface area contributed by atoms with Crippen molar-refractivity contribution in [2.75, 3.05) is 11.5 Å². The van der Waals surface area contributed by atoms with Crippen LogP contribution in [0.15, 0.2) is 44.6 Å². The molecule has 7 nitrogen and oxygen atoms in total. The SMILES string of the molecule is Cc1nc(SCC(=O)c2cc3ccccc3oc2=O)c(C#N)c(N)c1C#N. The van der Waals surface area contributed by atoms with E-state index in [1.54, 1.807) is 31.2 Å². The molecule has 1 aromatic carbocycles. The van der Waals surface area contributed by atoms with Gasteiger partial charge in [-0.15, -0.1) is 0 Å². The Labute approximate surface area is 158 Å². The molecule has 0 atom stereocenters. The van der Waals surface area contributed by atoms with Crippen molar-refractivity contribution in [2.24, 2.45) is 0 Å². The summed E-state index contributed by atoms with van der Waals surface area (Å²) in [6, 6.07) is 12.2.